The van der Waals surface area contributed by atoms with Gasteiger partial charge >= 0.3 is 0 Å². The third kappa shape index (κ3) is 2.52. The molecule has 0 saturated carbocycles. The second kappa shape index (κ2) is 5.62. The predicted octanol–water partition coefficient (Wildman–Crippen LogP) is 1.91. The van der Waals surface area contributed by atoms with Crippen LogP contribution in [0.3, 0.4) is 0 Å². The fourth-order valence-corrected chi connectivity index (χ4v) is 5.03. The average Bonchev–Trinajstić information content (AvgIpc) is 2.78. The van der Waals surface area contributed by atoms with Gasteiger partial charge in [0.1, 0.15) is 0 Å². The molecule has 1 fully saturated rings. The van der Waals surface area contributed by atoms with E-state index in [1.165, 1.54) is 17.4 Å². The summed E-state index contributed by atoms with van der Waals surface area (Å²) in [4.78, 5) is 6.40. The molecule has 23 heavy (non-hydrogen) atoms. The van der Waals surface area contributed by atoms with Gasteiger partial charge in [-0.15, -0.1) is 0 Å². The Morgan fingerprint density at radius 1 is 1.04 bits per heavy atom. The largest absolute Gasteiger partial charge is 0.367 e. The van der Waals surface area contributed by atoms with Gasteiger partial charge in [-0.3, -0.25) is 0 Å². The van der Waals surface area contributed by atoms with Gasteiger partial charge in [-0.1, -0.05) is 24.3 Å². The molecule has 0 spiro atoms. The molecule has 4 rings (SSSR count). The molecule has 2 aliphatic heterocycles. The molecule has 0 bridgehead atoms. The molecular weight excluding hydrogens is 310 g/mol. The lowest BCUT2D eigenvalue weighted by atomic mass is 10.1. The maximum atomic E-state index is 12.8. The summed E-state index contributed by atoms with van der Waals surface area (Å²) in [5.74, 6) is 0. The molecule has 2 aliphatic rings. The molecule has 0 aliphatic carbocycles. The van der Waals surface area contributed by atoms with Gasteiger partial charge in [0.2, 0.25) is 0 Å². The number of anilines is 1. The minimum Gasteiger partial charge on any atom is -0.367 e. The van der Waals surface area contributed by atoms with Crippen molar-refractivity contribution in [2.45, 2.75) is 23.9 Å². The highest BCUT2D eigenvalue weighted by atomic mass is 32.2. The monoisotopic (exact) mass is 329 g/mol. The second-order valence-electron chi connectivity index (χ2n) is 6.06. The Bertz CT molecular complexity index is 808. The van der Waals surface area contributed by atoms with Crippen molar-refractivity contribution in [3.8, 4) is 0 Å². The van der Waals surface area contributed by atoms with E-state index in [4.69, 9.17) is 0 Å². The zero-order chi connectivity index (χ0) is 15.9. The van der Waals surface area contributed by atoms with E-state index in [0.717, 1.165) is 19.4 Å². The molecule has 2 aromatic rings. The van der Waals surface area contributed by atoms with Crippen molar-refractivity contribution in [2.24, 2.45) is 0 Å². The fourth-order valence-electron chi connectivity index (χ4n) is 3.58. The van der Waals surface area contributed by atoms with E-state index in [-0.39, 0.29) is 11.1 Å². The maximum Gasteiger partial charge on any atom is 0.260 e. The van der Waals surface area contributed by atoms with E-state index in [0.29, 0.717) is 13.1 Å². The molecule has 120 valence electrons. The van der Waals surface area contributed by atoms with Crippen molar-refractivity contribution in [2.75, 3.05) is 24.5 Å². The lowest BCUT2D eigenvalue weighted by Crippen LogP contribution is -2.41. The van der Waals surface area contributed by atoms with Crippen molar-refractivity contribution in [1.29, 1.82) is 0 Å². The number of benzene rings is 1. The average molecular weight is 329 g/mol. The van der Waals surface area contributed by atoms with E-state index >= 15 is 0 Å². The van der Waals surface area contributed by atoms with Crippen LogP contribution in [0, 0.1) is 0 Å². The second-order valence-corrected chi connectivity index (χ2v) is 7.95. The van der Waals surface area contributed by atoms with Crippen molar-refractivity contribution in [1.82, 2.24) is 9.29 Å². The highest BCUT2D eigenvalue weighted by molar-refractivity contribution is 7.89. The number of nitrogens with zero attached hydrogens (tertiary/aromatic N) is 3. The first kappa shape index (κ1) is 14.7. The summed E-state index contributed by atoms with van der Waals surface area (Å²) in [7, 11) is -3.52. The van der Waals surface area contributed by atoms with E-state index in [2.05, 4.69) is 28.1 Å². The van der Waals surface area contributed by atoms with Gasteiger partial charge in [-0.25, -0.2) is 13.4 Å². The predicted molar refractivity (Wildman–Crippen MR) is 88.9 cm³/mol. The molecule has 1 unspecified atom stereocenters. The van der Waals surface area contributed by atoms with E-state index in [1.807, 2.05) is 6.07 Å². The van der Waals surface area contributed by atoms with Gasteiger partial charge in [-0.05, 0) is 36.6 Å². The Hall–Kier alpha value is -1.92. The highest BCUT2D eigenvalue weighted by Gasteiger charge is 2.36. The van der Waals surface area contributed by atoms with Gasteiger partial charge in [0.15, 0.2) is 5.03 Å². The lowest BCUT2D eigenvalue weighted by molar-refractivity contribution is 0.404. The summed E-state index contributed by atoms with van der Waals surface area (Å²) in [6.07, 6.45) is 3.27. The quantitative estimate of drug-likeness (QED) is 0.844. The first-order valence-electron chi connectivity index (χ1n) is 7.92. The van der Waals surface area contributed by atoms with Crippen LogP contribution in [0.2, 0.25) is 0 Å². The van der Waals surface area contributed by atoms with Crippen LogP contribution in [0.1, 0.15) is 12.0 Å². The first-order valence-corrected chi connectivity index (χ1v) is 9.36. The standard InChI is InChI=1S/C17H19N3O2S/c21-23(22,17-8-3-4-9-18-17)19-10-5-11-20-15(13-19)12-14-6-1-2-7-16(14)20/h1-4,6-9,15H,5,10-13H2. The third-order valence-corrected chi connectivity index (χ3v) is 6.44. The molecule has 1 aromatic carbocycles. The Labute approximate surface area is 136 Å². The van der Waals surface area contributed by atoms with Gasteiger partial charge in [0.05, 0.1) is 0 Å². The number of hydrogen-bond donors (Lipinski definition) is 0. The number of hydrogen-bond acceptors (Lipinski definition) is 4. The molecule has 1 saturated heterocycles. The zero-order valence-corrected chi connectivity index (χ0v) is 13.6. The minimum atomic E-state index is -3.52. The molecule has 5 nitrogen and oxygen atoms in total. The molecule has 6 heteroatoms. The number of fused-ring (bicyclic) bond motifs is 3. The summed E-state index contributed by atoms with van der Waals surface area (Å²) >= 11 is 0. The molecule has 1 aromatic heterocycles. The van der Waals surface area contributed by atoms with Crippen LogP contribution in [0.5, 0.6) is 0 Å². The summed E-state index contributed by atoms with van der Waals surface area (Å²) in [5.41, 5.74) is 2.57. The summed E-state index contributed by atoms with van der Waals surface area (Å²) in [5, 5.41) is 0.143. The first-order chi connectivity index (χ1) is 11.2. The molecule has 0 amide bonds. The van der Waals surface area contributed by atoms with Crippen molar-refractivity contribution < 1.29 is 8.42 Å². The van der Waals surface area contributed by atoms with Crippen LogP contribution in [0.25, 0.3) is 0 Å². The van der Waals surface area contributed by atoms with Crippen LogP contribution in [0.4, 0.5) is 5.69 Å². The molecule has 3 heterocycles. The topological polar surface area (TPSA) is 53.5 Å². The molecule has 1 atom stereocenters. The summed E-state index contributed by atoms with van der Waals surface area (Å²) in [6, 6.07) is 13.6. The lowest BCUT2D eigenvalue weighted by Gasteiger charge is -2.27. The molecule has 0 radical (unpaired) electrons. The van der Waals surface area contributed by atoms with Crippen molar-refractivity contribution in [3.05, 3.63) is 54.2 Å². The summed E-state index contributed by atoms with van der Waals surface area (Å²) < 4.78 is 27.3. The van der Waals surface area contributed by atoms with Crippen LogP contribution >= 0.6 is 0 Å². The van der Waals surface area contributed by atoms with Gasteiger partial charge < -0.3 is 4.90 Å². The minimum absolute atomic E-state index is 0.143. The van der Waals surface area contributed by atoms with Crippen LogP contribution in [-0.2, 0) is 16.4 Å². The van der Waals surface area contributed by atoms with Crippen LogP contribution in [0.15, 0.2) is 53.7 Å². The van der Waals surface area contributed by atoms with E-state index in [9.17, 15) is 8.42 Å². The number of pyridine rings is 1. The smallest absolute Gasteiger partial charge is 0.260 e. The van der Waals surface area contributed by atoms with Crippen molar-refractivity contribution in [3.63, 3.8) is 0 Å². The van der Waals surface area contributed by atoms with E-state index in [1.54, 1.807) is 22.5 Å². The Morgan fingerprint density at radius 3 is 2.70 bits per heavy atom. The number of sulfonamides is 1. The van der Waals surface area contributed by atoms with Crippen molar-refractivity contribution >= 4 is 15.7 Å². The summed E-state index contributed by atoms with van der Waals surface area (Å²) in [6.45, 7) is 1.97. The fraction of sp³-hybridized carbons (Fsp3) is 0.353. The number of aromatic nitrogens is 1. The number of para-hydroxylation sites is 1. The molecular formula is C17H19N3O2S. The number of rotatable bonds is 2. The van der Waals surface area contributed by atoms with Crippen LogP contribution in [-0.4, -0.2) is 43.4 Å². The van der Waals surface area contributed by atoms with Gasteiger partial charge in [-0.2, -0.15) is 4.31 Å². The van der Waals surface area contributed by atoms with E-state index < -0.39 is 10.0 Å². The Kier molecular flexibility index (Phi) is 3.58. The normalized spacial score (nSPS) is 21.6. The Morgan fingerprint density at radius 2 is 1.87 bits per heavy atom. The zero-order valence-electron chi connectivity index (χ0n) is 12.8. The van der Waals surface area contributed by atoms with Gasteiger partial charge in [0, 0.05) is 37.6 Å². The highest BCUT2D eigenvalue weighted by Crippen LogP contribution is 2.34. The van der Waals surface area contributed by atoms with Gasteiger partial charge in [0.25, 0.3) is 10.0 Å². The SMILES string of the molecule is O=S(=O)(c1ccccn1)N1CCCN2c3ccccc3CC2C1. The molecule has 0 N–H and O–H groups in total. The third-order valence-electron chi connectivity index (χ3n) is 4.66. The van der Waals surface area contributed by atoms with Crippen LogP contribution < -0.4 is 4.90 Å². The maximum absolute atomic E-state index is 12.8. The Balaban J connectivity index is 1.63.